The Kier molecular flexibility index (Phi) is 7.90. The lowest BCUT2D eigenvalue weighted by molar-refractivity contribution is -0.142. The molecule has 0 spiro atoms. The normalized spacial score (nSPS) is 11.3. The fourth-order valence-electron chi connectivity index (χ4n) is 4.46. The summed E-state index contributed by atoms with van der Waals surface area (Å²) >= 11 is 6.12. The number of H-pyrrole nitrogens is 2. The minimum Gasteiger partial charge on any atom is -0.480 e. The minimum absolute atomic E-state index is 0.225. The number of nitrogens with one attached hydrogen (secondary N) is 2. The van der Waals surface area contributed by atoms with Gasteiger partial charge in [-0.2, -0.15) is 4.68 Å². The van der Waals surface area contributed by atoms with E-state index in [9.17, 15) is 14.0 Å². The van der Waals surface area contributed by atoms with Crippen molar-refractivity contribution in [1.29, 1.82) is 0 Å². The Morgan fingerprint density at radius 2 is 1.72 bits per heavy atom. The first-order chi connectivity index (χ1) is 18.9. The molecule has 0 radical (unpaired) electrons. The molecule has 0 aliphatic carbocycles. The number of carboxylic acid groups (broad SMARTS) is 1. The number of hydrogen-bond acceptors (Lipinski definition) is 4. The Morgan fingerprint density at radius 1 is 1.00 bits per heavy atom. The van der Waals surface area contributed by atoms with Crippen molar-refractivity contribution in [3.63, 3.8) is 0 Å². The minimum atomic E-state index is -0.984. The third-order valence-corrected chi connectivity index (χ3v) is 6.66. The largest absolute Gasteiger partial charge is 0.480 e. The zero-order chi connectivity index (χ0) is 27.4. The Morgan fingerprint density at radius 3 is 2.46 bits per heavy atom. The molecule has 0 bridgehead atoms. The SMILES string of the molecule is O=C(O)COCCCc1ccc(-c2[nH]n(-c3nc4ccc(Cl)cc4[nH]3)c(=O)c2CCc2ccc(F)cc2)cc1. The van der Waals surface area contributed by atoms with Crippen LogP contribution in [-0.4, -0.2) is 44.0 Å². The topological polar surface area (TPSA) is 113 Å². The van der Waals surface area contributed by atoms with Gasteiger partial charge in [-0.1, -0.05) is 48.0 Å². The molecule has 0 unspecified atom stereocenters. The highest BCUT2D eigenvalue weighted by Gasteiger charge is 2.19. The number of ether oxygens (including phenoxy) is 1. The molecule has 5 rings (SSSR count). The van der Waals surface area contributed by atoms with E-state index in [4.69, 9.17) is 21.4 Å². The Bertz CT molecular complexity index is 1660. The first kappa shape index (κ1) is 26.4. The molecule has 8 nitrogen and oxygen atoms in total. The number of fused-ring (bicyclic) bond motifs is 1. The zero-order valence-electron chi connectivity index (χ0n) is 20.9. The van der Waals surface area contributed by atoms with E-state index < -0.39 is 5.97 Å². The van der Waals surface area contributed by atoms with Crippen molar-refractivity contribution in [2.75, 3.05) is 13.2 Å². The fourth-order valence-corrected chi connectivity index (χ4v) is 4.63. The van der Waals surface area contributed by atoms with Gasteiger partial charge in [-0.25, -0.2) is 14.2 Å². The first-order valence-electron chi connectivity index (χ1n) is 12.5. The Hall–Kier alpha value is -4.21. The van der Waals surface area contributed by atoms with Crippen LogP contribution in [0.25, 0.3) is 28.2 Å². The number of halogens is 2. The van der Waals surface area contributed by atoms with Crippen molar-refractivity contribution in [2.24, 2.45) is 0 Å². The lowest BCUT2D eigenvalue weighted by atomic mass is 10.00. The van der Waals surface area contributed by atoms with Crippen molar-refractivity contribution < 1.29 is 19.0 Å². The van der Waals surface area contributed by atoms with E-state index in [0.29, 0.717) is 59.1 Å². The molecule has 3 N–H and O–H groups in total. The molecule has 10 heteroatoms. The maximum atomic E-state index is 13.6. The molecule has 0 fully saturated rings. The average molecular weight is 549 g/mol. The molecule has 200 valence electrons. The number of hydrogen-bond donors (Lipinski definition) is 3. The van der Waals surface area contributed by atoms with Gasteiger partial charge in [-0.3, -0.25) is 9.89 Å². The molecule has 0 atom stereocenters. The predicted molar refractivity (Wildman–Crippen MR) is 147 cm³/mol. The van der Waals surface area contributed by atoms with Gasteiger partial charge in [0.1, 0.15) is 12.4 Å². The van der Waals surface area contributed by atoms with Gasteiger partial charge >= 0.3 is 5.97 Å². The number of carbonyl (C=O) groups is 1. The van der Waals surface area contributed by atoms with Crippen molar-refractivity contribution in [2.45, 2.75) is 25.7 Å². The van der Waals surface area contributed by atoms with Crippen LogP contribution in [0.1, 0.15) is 23.1 Å². The van der Waals surface area contributed by atoms with Gasteiger partial charge < -0.3 is 14.8 Å². The van der Waals surface area contributed by atoms with Crippen molar-refractivity contribution >= 4 is 28.6 Å². The van der Waals surface area contributed by atoms with Gasteiger partial charge in [0.25, 0.3) is 5.56 Å². The van der Waals surface area contributed by atoms with E-state index in [0.717, 1.165) is 23.1 Å². The highest BCUT2D eigenvalue weighted by Crippen LogP contribution is 2.24. The van der Waals surface area contributed by atoms with Crippen LogP contribution in [0.15, 0.2) is 71.5 Å². The van der Waals surface area contributed by atoms with Crippen molar-refractivity contribution in [3.05, 3.63) is 105 Å². The quantitative estimate of drug-likeness (QED) is 0.193. The summed E-state index contributed by atoms with van der Waals surface area (Å²) in [5, 5.41) is 12.5. The number of benzene rings is 3. The van der Waals surface area contributed by atoms with E-state index in [1.165, 1.54) is 16.8 Å². The van der Waals surface area contributed by atoms with Crippen LogP contribution < -0.4 is 5.56 Å². The molecule has 0 amide bonds. The summed E-state index contributed by atoms with van der Waals surface area (Å²) in [6, 6.07) is 19.4. The maximum absolute atomic E-state index is 13.6. The maximum Gasteiger partial charge on any atom is 0.329 e. The van der Waals surface area contributed by atoms with Crippen LogP contribution in [0.2, 0.25) is 5.02 Å². The molecule has 2 aromatic heterocycles. The number of rotatable bonds is 11. The second-order valence-electron chi connectivity index (χ2n) is 9.20. The number of nitrogens with zero attached hydrogens (tertiary/aromatic N) is 2. The van der Waals surface area contributed by atoms with Crippen molar-refractivity contribution in [3.8, 4) is 17.2 Å². The number of aliphatic carboxylic acids is 1. The lowest BCUT2D eigenvalue weighted by Crippen LogP contribution is -2.18. The second-order valence-corrected chi connectivity index (χ2v) is 9.64. The van der Waals surface area contributed by atoms with Gasteiger partial charge in [0.15, 0.2) is 0 Å². The van der Waals surface area contributed by atoms with E-state index >= 15 is 0 Å². The van der Waals surface area contributed by atoms with Crippen LogP contribution in [0, 0.1) is 5.82 Å². The molecule has 2 heterocycles. The molecule has 3 aromatic carbocycles. The molecule has 39 heavy (non-hydrogen) atoms. The summed E-state index contributed by atoms with van der Waals surface area (Å²) in [7, 11) is 0. The van der Waals surface area contributed by atoms with E-state index in [-0.39, 0.29) is 18.0 Å². The summed E-state index contributed by atoms with van der Waals surface area (Å²) in [6.07, 6.45) is 2.43. The van der Waals surface area contributed by atoms with E-state index in [1.54, 1.807) is 30.3 Å². The highest BCUT2D eigenvalue weighted by atomic mass is 35.5. The van der Waals surface area contributed by atoms with Gasteiger partial charge in [-0.05, 0) is 72.7 Å². The van der Waals surface area contributed by atoms with Crippen LogP contribution in [0.5, 0.6) is 0 Å². The average Bonchev–Trinajstić information content (AvgIpc) is 3.48. The summed E-state index contributed by atoms with van der Waals surface area (Å²) in [5.74, 6) is -0.937. The number of carboxylic acids is 1. The monoisotopic (exact) mass is 548 g/mol. The number of imidazole rings is 1. The molecule has 0 saturated carbocycles. The molecule has 0 saturated heterocycles. The zero-order valence-corrected chi connectivity index (χ0v) is 21.7. The molecular weight excluding hydrogens is 523 g/mol. The van der Waals surface area contributed by atoms with Gasteiger partial charge in [0.05, 0.1) is 16.7 Å². The molecule has 5 aromatic rings. The van der Waals surface area contributed by atoms with Crippen LogP contribution >= 0.6 is 11.6 Å². The third kappa shape index (κ3) is 6.27. The fraction of sp³-hybridized carbons (Fsp3) is 0.207. The summed E-state index contributed by atoms with van der Waals surface area (Å²) in [4.78, 5) is 31.9. The molecule has 0 aliphatic heterocycles. The highest BCUT2D eigenvalue weighted by molar-refractivity contribution is 6.31. The van der Waals surface area contributed by atoms with Crippen LogP contribution in [-0.2, 0) is 28.8 Å². The van der Waals surface area contributed by atoms with Crippen LogP contribution in [0.3, 0.4) is 0 Å². The van der Waals surface area contributed by atoms with Gasteiger partial charge in [0, 0.05) is 17.2 Å². The predicted octanol–water partition coefficient (Wildman–Crippen LogP) is 5.32. The van der Waals surface area contributed by atoms with Gasteiger partial charge in [-0.15, -0.1) is 0 Å². The molecule has 0 aliphatic rings. The van der Waals surface area contributed by atoms with Gasteiger partial charge in [0.2, 0.25) is 5.95 Å². The number of aryl methyl sites for hydroxylation is 2. The molecular formula is C29H26ClFN4O4. The summed E-state index contributed by atoms with van der Waals surface area (Å²) in [5.41, 5.74) is 5.27. The van der Waals surface area contributed by atoms with Crippen molar-refractivity contribution in [1.82, 2.24) is 19.7 Å². The summed E-state index contributed by atoms with van der Waals surface area (Å²) in [6.45, 7) is 0.0583. The number of aromatic nitrogens is 4. The summed E-state index contributed by atoms with van der Waals surface area (Å²) < 4.78 is 19.9. The van der Waals surface area contributed by atoms with E-state index in [1.807, 2.05) is 24.3 Å². The number of aromatic amines is 2. The third-order valence-electron chi connectivity index (χ3n) is 6.43. The Labute approximate surface area is 228 Å². The van der Waals surface area contributed by atoms with E-state index in [2.05, 4.69) is 15.1 Å². The lowest BCUT2D eigenvalue weighted by Gasteiger charge is -2.06. The smallest absolute Gasteiger partial charge is 0.329 e. The van der Waals surface area contributed by atoms with Crippen LogP contribution in [0.4, 0.5) is 4.39 Å². The first-order valence-corrected chi connectivity index (χ1v) is 12.9. The second kappa shape index (κ2) is 11.7. The standard InChI is InChI=1S/C29H26ClFN4O4/c30-21-10-14-24-25(16-21)33-29(32-24)35-28(38)23(13-7-19-5-11-22(31)12-6-19)27(34-35)20-8-3-18(4-9-20)2-1-15-39-17-26(36)37/h3-6,8-12,14,16,34H,1-2,7,13,15,17H2,(H,32,33)(H,36,37). The Balaban J connectivity index is 1.43.